The molecule has 1 aliphatic rings. The Hall–Kier alpha value is -2.57. The maximum atomic E-state index is 12.3. The van der Waals surface area contributed by atoms with E-state index >= 15 is 0 Å². The zero-order chi connectivity index (χ0) is 20.7. The van der Waals surface area contributed by atoms with Gasteiger partial charge in [-0.15, -0.1) is 0 Å². The van der Waals surface area contributed by atoms with Crippen LogP contribution in [-0.4, -0.2) is 49.4 Å². The number of ether oxygens (including phenoxy) is 1. The number of carbonyl (C=O) groups excluding carboxylic acids is 3. The molecular formula is C21H31N3O4. The first kappa shape index (κ1) is 21.7. The van der Waals surface area contributed by atoms with Crippen molar-refractivity contribution >= 4 is 17.7 Å². The topological polar surface area (TPSA) is 87.7 Å². The zero-order valence-electron chi connectivity index (χ0n) is 17.2. The minimum Gasteiger partial charge on any atom is -0.497 e. The summed E-state index contributed by atoms with van der Waals surface area (Å²) in [5.41, 5.74) is 0.549. The van der Waals surface area contributed by atoms with Crippen LogP contribution in [0.2, 0.25) is 0 Å². The summed E-state index contributed by atoms with van der Waals surface area (Å²) in [6.45, 7) is 7.22. The van der Waals surface area contributed by atoms with Gasteiger partial charge in [0.25, 0.3) is 0 Å². The Morgan fingerprint density at radius 2 is 1.68 bits per heavy atom. The number of carbonyl (C=O) groups is 3. The molecule has 7 nitrogen and oxygen atoms in total. The highest BCUT2D eigenvalue weighted by Crippen LogP contribution is 2.23. The third kappa shape index (κ3) is 6.25. The lowest BCUT2D eigenvalue weighted by Crippen LogP contribution is -2.47. The van der Waals surface area contributed by atoms with E-state index in [4.69, 9.17) is 4.74 Å². The third-order valence-corrected chi connectivity index (χ3v) is 4.87. The second kappa shape index (κ2) is 9.57. The van der Waals surface area contributed by atoms with Crippen LogP contribution in [0.15, 0.2) is 24.3 Å². The van der Waals surface area contributed by atoms with Crippen molar-refractivity contribution in [2.24, 2.45) is 11.3 Å². The fourth-order valence-electron chi connectivity index (χ4n) is 3.14. The highest BCUT2D eigenvalue weighted by atomic mass is 16.5. The van der Waals surface area contributed by atoms with Gasteiger partial charge >= 0.3 is 0 Å². The van der Waals surface area contributed by atoms with Crippen molar-refractivity contribution in [1.29, 1.82) is 0 Å². The summed E-state index contributed by atoms with van der Waals surface area (Å²) in [6, 6.07) is 7.43. The summed E-state index contributed by atoms with van der Waals surface area (Å²) in [5, 5.41) is 5.49. The molecule has 7 heteroatoms. The summed E-state index contributed by atoms with van der Waals surface area (Å²) < 4.78 is 5.10. The van der Waals surface area contributed by atoms with Gasteiger partial charge < -0.3 is 20.3 Å². The van der Waals surface area contributed by atoms with E-state index in [-0.39, 0.29) is 30.2 Å². The molecule has 0 unspecified atom stereocenters. The van der Waals surface area contributed by atoms with Crippen molar-refractivity contribution < 1.29 is 19.1 Å². The second-order valence-electron chi connectivity index (χ2n) is 8.16. The summed E-state index contributed by atoms with van der Waals surface area (Å²) >= 11 is 0. The average Bonchev–Trinajstić information content (AvgIpc) is 2.69. The lowest BCUT2D eigenvalue weighted by Gasteiger charge is -2.35. The van der Waals surface area contributed by atoms with Gasteiger partial charge in [0.1, 0.15) is 5.75 Å². The van der Waals surface area contributed by atoms with E-state index in [1.807, 2.05) is 49.9 Å². The first-order valence-corrected chi connectivity index (χ1v) is 9.67. The van der Waals surface area contributed by atoms with Crippen LogP contribution in [0.3, 0.4) is 0 Å². The Labute approximate surface area is 166 Å². The Balaban J connectivity index is 1.69. The van der Waals surface area contributed by atoms with E-state index in [0.717, 1.165) is 11.3 Å². The van der Waals surface area contributed by atoms with E-state index in [9.17, 15) is 14.4 Å². The van der Waals surface area contributed by atoms with Crippen LogP contribution in [-0.2, 0) is 20.9 Å². The number of hydrogen-bond acceptors (Lipinski definition) is 4. The molecule has 0 bridgehead atoms. The molecule has 0 saturated carbocycles. The van der Waals surface area contributed by atoms with Crippen LogP contribution in [0, 0.1) is 11.3 Å². The van der Waals surface area contributed by atoms with Gasteiger partial charge in [-0.2, -0.15) is 0 Å². The van der Waals surface area contributed by atoms with Gasteiger partial charge in [-0.1, -0.05) is 32.9 Å². The number of benzene rings is 1. The maximum Gasteiger partial charge on any atom is 0.239 e. The van der Waals surface area contributed by atoms with E-state index in [1.165, 1.54) is 0 Å². The van der Waals surface area contributed by atoms with Crippen molar-refractivity contribution in [3.8, 4) is 5.75 Å². The number of nitrogens with one attached hydrogen (secondary N) is 2. The number of hydrogen-bond donors (Lipinski definition) is 2. The Morgan fingerprint density at radius 3 is 2.21 bits per heavy atom. The van der Waals surface area contributed by atoms with Crippen molar-refractivity contribution in [3.05, 3.63) is 29.8 Å². The molecule has 1 aromatic rings. The molecule has 0 aromatic heterocycles. The van der Waals surface area contributed by atoms with Crippen LogP contribution in [0.25, 0.3) is 0 Å². The standard InChI is InChI=1S/C21H31N3O4/c1-21(2,3)20(27)24-11-9-16(10-12-24)19(26)23-14-18(25)22-13-15-5-7-17(28-4)8-6-15/h5-8,16H,9-14H2,1-4H3,(H,22,25)(H,23,26). The number of likely N-dealkylation sites (tertiary alicyclic amines) is 1. The number of rotatable bonds is 6. The molecule has 154 valence electrons. The molecule has 1 fully saturated rings. The van der Waals surface area contributed by atoms with Crippen molar-refractivity contribution in [3.63, 3.8) is 0 Å². The average molecular weight is 389 g/mol. The van der Waals surface area contributed by atoms with Gasteiger partial charge in [-0.05, 0) is 30.5 Å². The lowest BCUT2D eigenvalue weighted by molar-refractivity contribution is -0.142. The van der Waals surface area contributed by atoms with E-state index in [1.54, 1.807) is 7.11 Å². The predicted molar refractivity (Wildman–Crippen MR) is 107 cm³/mol. The van der Waals surface area contributed by atoms with Crippen molar-refractivity contribution in [1.82, 2.24) is 15.5 Å². The monoisotopic (exact) mass is 389 g/mol. The van der Waals surface area contributed by atoms with Gasteiger partial charge in [-0.3, -0.25) is 14.4 Å². The van der Waals surface area contributed by atoms with Crippen LogP contribution in [0.4, 0.5) is 0 Å². The molecule has 0 atom stereocenters. The molecule has 2 N–H and O–H groups in total. The molecule has 1 heterocycles. The highest BCUT2D eigenvalue weighted by Gasteiger charge is 2.32. The maximum absolute atomic E-state index is 12.3. The van der Waals surface area contributed by atoms with Crippen LogP contribution < -0.4 is 15.4 Å². The second-order valence-corrected chi connectivity index (χ2v) is 8.16. The van der Waals surface area contributed by atoms with Gasteiger partial charge in [0.05, 0.1) is 13.7 Å². The molecule has 2 rings (SSSR count). The quantitative estimate of drug-likeness (QED) is 0.775. The molecular weight excluding hydrogens is 358 g/mol. The molecule has 28 heavy (non-hydrogen) atoms. The Kier molecular flexibility index (Phi) is 7.43. The van der Waals surface area contributed by atoms with Crippen LogP contribution in [0.1, 0.15) is 39.2 Å². The Bertz CT molecular complexity index is 687. The fraction of sp³-hybridized carbons (Fsp3) is 0.571. The fourth-order valence-corrected chi connectivity index (χ4v) is 3.14. The van der Waals surface area contributed by atoms with Gasteiger partial charge in [0.15, 0.2) is 0 Å². The number of amides is 3. The lowest BCUT2D eigenvalue weighted by atomic mass is 9.90. The summed E-state index contributed by atoms with van der Waals surface area (Å²) in [7, 11) is 1.60. The largest absolute Gasteiger partial charge is 0.497 e. The first-order valence-electron chi connectivity index (χ1n) is 9.67. The minimum atomic E-state index is -0.406. The number of methoxy groups -OCH3 is 1. The SMILES string of the molecule is COc1ccc(CNC(=O)CNC(=O)C2CCN(C(=O)C(C)(C)C)CC2)cc1. The summed E-state index contributed by atoms with van der Waals surface area (Å²) in [4.78, 5) is 38.4. The molecule has 0 spiro atoms. The van der Waals surface area contributed by atoms with Crippen LogP contribution in [0.5, 0.6) is 5.75 Å². The van der Waals surface area contributed by atoms with E-state index in [2.05, 4.69) is 10.6 Å². The van der Waals surface area contributed by atoms with Crippen molar-refractivity contribution in [2.45, 2.75) is 40.2 Å². The van der Waals surface area contributed by atoms with Crippen LogP contribution >= 0.6 is 0 Å². The normalized spacial score (nSPS) is 15.1. The molecule has 1 aromatic carbocycles. The van der Waals surface area contributed by atoms with E-state index < -0.39 is 5.41 Å². The number of piperidine rings is 1. The summed E-state index contributed by atoms with van der Waals surface area (Å²) in [6.07, 6.45) is 1.25. The molecule has 1 saturated heterocycles. The zero-order valence-corrected chi connectivity index (χ0v) is 17.2. The van der Waals surface area contributed by atoms with E-state index in [0.29, 0.717) is 32.5 Å². The Morgan fingerprint density at radius 1 is 1.07 bits per heavy atom. The van der Waals surface area contributed by atoms with Gasteiger partial charge in [0, 0.05) is 31.0 Å². The molecule has 0 aliphatic carbocycles. The van der Waals surface area contributed by atoms with Gasteiger partial charge in [0.2, 0.25) is 17.7 Å². The van der Waals surface area contributed by atoms with Gasteiger partial charge in [-0.25, -0.2) is 0 Å². The summed E-state index contributed by atoms with van der Waals surface area (Å²) in [5.74, 6) is 0.368. The molecule has 3 amide bonds. The third-order valence-electron chi connectivity index (χ3n) is 4.87. The minimum absolute atomic E-state index is 0.0455. The first-order chi connectivity index (χ1) is 13.2. The smallest absolute Gasteiger partial charge is 0.239 e. The van der Waals surface area contributed by atoms with Crippen molar-refractivity contribution in [2.75, 3.05) is 26.7 Å². The number of nitrogens with zero attached hydrogens (tertiary/aromatic N) is 1. The highest BCUT2D eigenvalue weighted by molar-refractivity contribution is 5.86. The predicted octanol–water partition coefficient (Wildman–Crippen LogP) is 1.71. The molecule has 1 aliphatic heterocycles. The molecule has 0 radical (unpaired) electrons.